The van der Waals surface area contributed by atoms with Crippen LogP contribution in [-0.4, -0.2) is 29.6 Å². The lowest BCUT2D eigenvalue weighted by molar-refractivity contribution is 0.0562. The van der Waals surface area contributed by atoms with E-state index in [9.17, 15) is 0 Å². The maximum absolute atomic E-state index is 5.40. The van der Waals surface area contributed by atoms with E-state index in [1.807, 2.05) is 12.1 Å². The summed E-state index contributed by atoms with van der Waals surface area (Å²) in [5.74, 6) is 1.05. The van der Waals surface area contributed by atoms with Crippen LogP contribution in [-0.2, 0) is 6.54 Å². The molecule has 1 fully saturated rings. The van der Waals surface area contributed by atoms with Gasteiger partial charge in [0.15, 0.2) is 0 Å². The molecule has 2 rings (SSSR count). The highest BCUT2D eigenvalue weighted by Crippen LogP contribution is 2.21. The van der Waals surface area contributed by atoms with Crippen molar-refractivity contribution in [2.24, 2.45) is 0 Å². The summed E-state index contributed by atoms with van der Waals surface area (Å²) < 4.78 is 5.40. The molecule has 1 saturated heterocycles. The minimum atomic E-state index is 0.208. The lowest BCUT2D eigenvalue weighted by Crippen LogP contribution is -2.60. The van der Waals surface area contributed by atoms with Crippen molar-refractivity contribution < 1.29 is 4.42 Å². The molecule has 0 bridgehead atoms. The zero-order valence-corrected chi connectivity index (χ0v) is 9.79. The molecule has 1 aliphatic rings. The molecule has 0 radical (unpaired) electrons. The highest BCUT2D eigenvalue weighted by molar-refractivity contribution is 5.01. The van der Waals surface area contributed by atoms with Gasteiger partial charge in [-0.05, 0) is 32.9 Å². The van der Waals surface area contributed by atoms with Crippen molar-refractivity contribution in [2.45, 2.75) is 38.9 Å². The van der Waals surface area contributed by atoms with Crippen LogP contribution in [0.1, 0.15) is 26.5 Å². The van der Waals surface area contributed by atoms with Crippen LogP contribution in [0.15, 0.2) is 22.8 Å². The monoisotopic (exact) mass is 208 g/mol. The molecule has 0 spiro atoms. The number of hydrogen-bond donors (Lipinski definition) is 1. The predicted octanol–water partition coefficient (Wildman–Crippen LogP) is 1.85. The van der Waals surface area contributed by atoms with Gasteiger partial charge in [0.2, 0.25) is 0 Å². The molecule has 15 heavy (non-hydrogen) atoms. The lowest BCUT2D eigenvalue weighted by atomic mass is 9.98. The van der Waals surface area contributed by atoms with Crippen molar-refractivity contribution in [2.75, 3.05) is 13.1 Å². The molecule has 0 amide bonds. The van der Waals surface area contributed by atoms with Gasteiger partial charge in [-0.3, -0.25) is 4.90 Å². The largest absolute Gasteiger partial charge is 0.468 e. The Morgan fingerprint density at radius 1 is 1.60 bits per heavy atom. The highest BCUT2D eigenvalue weighted by Gasteiger charge is 2.32. The van der Waals surface area contributed by atoms with Crippen LogP contribution in [0.5, 0.6) is 0 Å². The molecule has 84 valence electrons. The summed E-state index contributed by atoms with van der Waals surface area (Å²) in [5.41, 5.74) is 0.208. The summed E-state index contributed by atoms with van der Waals surface area (Å²) in [6.07, 6.45) is 1.74. The van der Waals surface area contributed by atoms with Crippen LogP contribution < -0.4 is 5.32 Å². The van der Waals surface area contributed by atoms with E-state index in [1.54, 1.807) is 6.26 Å². The quantitative estimate of drug-likeness (QED) is 0.804. The van der Waals surface area contributed by atoms with Gasteiger partial charge in [0, 0.05) is 24.7 Å². The lowest BCUT2D eigenvalue weighted by Gasteiger charge is -2.45. The Morgan fingerprint density at radius 3 is 3.07 bits per heavy atom. The van der Waals surface area contributed by atoms with Crippen LogP contribution in [0, 0.1) is 0 Å². The first-order chi connectivity index (χ1) is 7.08. The number of nitrogens with zero attached hydrogens (tertiary/aromatic N) is 1. The van der Waals surface area contributed by atoms with Gasteiger partial charge in [-0.2, -0.15) is 0 Å². The van der Waals surface area contributed by atoms with E-state index in [0.29, 0.717) is 6.04 Å². The van der Waals surface area contributed by atoms with Gasteiger partial charge in [0.25, 0.3) is 0 Å². The molecule has 3 nitrogen and oxygen atoms in total. The Bertz CT molecular complexity index is 305. The molecule has 0 saturated carbocycles. The Hall–Kier alpha value is -0.800. The summed E-state index contributed by atoms with van der Waals surface area (Å²) in [5, 5.41) is 3.51. The molecule has 1 aromatic rings. The predicted molar refractivity (Wildman–Crippen MR) is 60.7 cm³/mol. The molecular weight excluding hydrogens is 188 g/mol. The molecule has 0 aliphatic carbocycles. The minimum absolute atomic E-state index is 0.208. The first kappa shape index (κ1) is 10.7. The van der Waals surface area contributed by atoms with Crippen molar-refractivity contribution in [3.8, 4) is 0 Å². The minimum Gasteiger partial charge on any atom is -0.468 e. The third-order valence-electron chi connectivity index (χ3n) is 3.16. The van der Waals surface area contributed by atoms with Gasteiger partial charge in [0.05, 0.1) is 12.8 Å². The molecule has 2 heterocycles. The maximum atomic E-state index is 5.40. The third-order valence-corrected chi connectivity index (χ3v) is 3.16. The zero-order chi connectivity index (χ0) is 10.9. The van der Waals surface area contributed by atoms with E-state index in [-0.39, 0.29) is 5.54 Å². The summed E-state index contributed by atoms with van der Waals surface area (Å²) in [6.45, 7) is 9.79. The standard InChI is InChI=1S/C12H20N2O/c1-10-7-14(12(2,3)9-13-10)8-11-5-4-6-15-11/h4-6,10,13H,7-9H2,1-3H3. The van der Waals surface area contributed by atoms with E-state index in [2.05, 4.69) is 31.0 Å². The smallest absolute Gasteiger partial charge is 0.117 e. The Balaban J connectivity index is 2.05. The SMILES string of the molecule is CC1CN(Cc2ccco2)C(C)(C)CN1. The molecule has 1 N–H and O–H groups in total. The van der Waals surface area contributed by atoms with Gasteiger partial charge in [-0.25, -0.2) is 0 Å². The normalized spacial score (nSPS) is 26.7. The van der Waals surface area contributed by atoms with Crippen LogP contribution >= 0.6 is 0 Å². The van der Waals surface area contributed by atoms with Crippen molar-refractivity contribution in [3.05, 3.63) is 24.2 Å². The highest BCUT2D eigenvalue weighted by atomic mass is 16.3. The van der Waals surface area contributed by atoms with Gasteiger partial charge in [-0.1, -0.05) is 0 Å². The molecule has 0 aromatic carbocycles. The van der Waals surface area contributed by atoms with Crippen LogP contribution in [0.2, 0.25) is 0 Å². The fourth-order valence-electron chi connectivity index (χ4n) is 2.05. The maximum Gasteiger partial charge on any atom is 0.117 e. The first-order valence-electron chi connectivity index (χ1n) is 5.59. The number of nitrogens with one attached hydrogen (secondary N) is 1. The Labute approximate surface area is 91.4 Å². The van der Waals surface area contributed by atoms with E-state index < -0.39 is 0 Å². The average Bonchev–Trinajstić information content (AvgIpc) is 2.65. The van der Waals surface area contributed by atoms with Crippen LogP contribution in [0.25, 0.3) is 0 Å². The second-order valence-electron chi connectivity index (χ2n) is 5.05. The second kappa shape index (κ2) is 3.99. The fourth-order valence-corrected chi connectivity index (χ4v) is 2.05. The van der Waals surface area contributed by atoms with Crippen molar-refractivity contribution in [1.29, 1.82) is 0 Å². The van der Waals surface area contributed by atoms with Gasteiger partial charge in [0.1, 0.15) is 5.76 Å². The third kappa shape index (κ3) is 2.41. The van der Waals surface area contributed by atoms with E-state index in [1.165, 1.54) is 0 Å². The van der Waals surface area contributed by atoms with Crippen LogP contribution in [0.3, 0.4) is 0 Å². The molecular formula is C12H20N2O. The molecule has 3 heteroatoms. The second-order valence-corrected chi connectivity index (χ2v) is 5.05. The number of furan rings is 1. The molecule has 1 aromatic heterocycles. The summed E-state index contributed by atoms with van der Waals surface area (Å²) in [6, 6.07) is 4.56. The summed E-state index contributed by atoms with van der Waals surface area (Å²) in [4.78, 5) is 2.48. The van der Waals surface area contributed by atoms with Gasteiger partial charge >= 0.3 is 0 Å². The fraction of sp³-hybridized carbons (Fsp3) is 0.667. The number of hydrogen-bond acceptors (Lipinski definition) is 3. The average molecular weight is 208 g/mol. The number of rotatable bonds is 2. The van der Waals surface area contributed by atoms with Crippen LogP contribution in [0.4, 0.5) is 0 Å². The van der Waals surface area contributed by atoms with Gasteiger partial charge < -0.3 is 9.73 Å². The van der Waals surface area contributed by atoms with E-state index in [4.69, 9.17) is 4.42 Å². The molecule has 1 atom stereocenters. The molecule has 1 unspecified atom stereocenters. The topological polar surface area (TPSA) is 28.4 Å². The first-order valence-corrected chi connectivity index (χ1v) is 5.59. The Kier molecular flexibility index (Phi) is 2.85. The Morgan fingerprint density at radius 2 is 2.40 bits per heavy atom. The zero-order valence-electron chi connectivity index (χ0n) is 9.79. The van der Waals surface area contributed by atoms with E-state index in [0.717, 1.165) is 25.4 Å². The van der Waals surface area contributed by atoms with E-state index >= 15 is 0 Å². The molecule has 1 aliphatic heterocycles. The van der Waals surface area contributed by atoms with Crippen molar-refractivity contribution in [3.63, 3.8) is 0 Å². The number of piperazine rings is 1. The van der Waals surface area contributed by atoms with Crippen molar-refractivity contribution in [1.82, 2.24) is 10.2 Å². The summed E-state index contributed by atoms with van der Waals surface area (Å²) in [7, 11) is 0. The van der Waals surface area contributed by atoms with Crippen molar-refractivity contribution >= 4 is 0 Å². The summed E-state index contributed by atoms with van der Waals surface area (Å²) >= 11 is 0. The van der Waals surface area contributed by atoms with Gasteiger partial charge in [-0.15, -0.1) is 0 Å².